The molecule has 3 rings (SSSR count). The van der Waals surface area contributed by atoms with E-state index in [-0.39, 0.29) is 35.7 Å². The number of carbonyl (C=O) groups excluding carboxylic acids is 1. The lowest BCUT2D eigenvalue weighted by Crippen LogP contribution is -2.49. The molecular weight excluding hydrogens is 524 g/mol. The van der Waals surface area contributed by atoms with Gasteiger partial charge in [0.05, 0.1) is 13.2 Å². The number of aliphatic imine (C=N–C) groups is 1. The quantitative estimate of drug-likeness (QED) is 0.206. The number of ether oxygens (including phenoxy) is 1. The van der Waals surface area contributed by atoms with Crippen molar-refractivity contribution in [3.05, 3.63) is 30.1 Å². The van der Waals surface area contributed by atoms with E-state index >= 15 is 0 Å². The lowest BCUT2D eigenvalue weighted by Gasteiger charge is -2.36. The molecule has 1 saturated carbocycles. The Morgan fingerprint density at radius 3 is 2.53 bits per heavy atom. The summed E-state index contributed by atoms with van der Waals surface area (Å²) in [6.45, 7) is 8.49. The molecular formula is C23H37FIN5O2. The van der Waals surface area contributed by atoms with Crippen LogP contribution in [-0.4, -0.2) is 87.7 Å². The molecule has 2 aliphatic rings. The molecule has 1 heterocycles. The fourth-order valence-corrected chi connectivity index (χ4v) is 3.59. The van der Waals surface area contributed by atoms with Crippen molar-refractivity contribution in [3.8, 4) is 0 Å². The van der Waals surface area contributed by atoms with Crippen molar-refractivity contribution >= 4 is 41.5 Å². The third-order valence-corrected chi connectivity index (χ3v) is 5.73. The van der Waals surface area contributed by atoms with E-state index in [9.17, 15) is 9.18 Å². The van der Waals surface area contributed by atoms with E-state index in [1.54, 1.807) is 12.1 Å². The first-order valence-corrected chi connectivity index (χ1v) is 11.4. The van der Waals surface area contributed by atoms with E-state index < -0.39 is 0 Å². The zero-order valence-corrected chi connectivity index (χ0v) is 21.6. The summed E-state index contributed by atoms with van der Waals surface area (Å²) < 4.78 is 18.8. The molecule has 0 atom stereocenters. The van der Waals surface area contributed by atoms with E-state index in [1.807, 2.05) is 18.9 Å². The number of hydrogen-bond acceptors (Lipinski definition) is 4. The minimum atomic E-state index is -0.230. The molecule has 0 unspecified atom stereocenters. The van der Waals surface area contributed by atoms with Gasteiger partial charge in [-0.1, -0.05) is 0 Å². The van der Waals surface area contributed by atoms with E-state index in [1.165, 1.54) is 25.0 Å². The number of anilines is 1. The second kappa shape index (κ2) is 13.8. The Morgan fingerprint density at radius 2 is 1.91 bits per heavy atom. The van der Waals surface area contributed by atoms with Crippen molar-refractivity contribution < 1.29 is 13.9 Å². The number of halogens is 2. The van der Waals surface area contributed by atoms with Crippen LogP contribution < -0.4 is 10.2 Å². The first kappa shape index (κ1) is 26.6. The predicted octanol–water partition coefficient (Wildman–Crippen LogP) is 2.81. The number of likely N-dealkylation sites (N-methyl/N-ethyl adjacent to an activating group) is 1. The molecule has 1 amide bonds. The highest BCUT2D eigenvalue weighted by Crippen LogP contribution is 2.28. The summed E-state index contributed by atoms with van der Waals surface area (Å²) in [5, 5.41) is 3.29. The van der Waals surface area contributed by atoms with E-state index in [2.05, 4.69) is 20.1 Å². The average Bonchev–Trinajstić information content (AvgIpc) is 3.61. The summed E-state index contributed by atoms with van der Waals surface area (Å²) in [5.41, 5.74) is 0.998. The summed E-state index contributed by atoms with van der Waals surface area (Å²) in [6.07, 6.45) is 3.00. The lowest BCUT2D eigenvalue weighted by molar-refractivity contribution is -0.131. The molecule has 32 heavy (non-hydrogen) atoms. The summed E-state index contributed by atoms with van der Waals surface area (Å²) in [6, 6.07) is 6.53. The molecule has 1 aromatic rings. The van der Waals surface area contributed by atoms with Crippen molar-refractivity contribution in [2.45, 2.75) is 26.2 Å². The van der Waals surface area contributed by atoms with Crippen molar-refractivity contribution in [3.63, 3.8) is 0 Å². The van der Waals surface area contributed by atoms with Gasteiger partial charge in [-0.25, -0.2) is 4.39 Å². The van der Waals surface area contributed by atoms with Gasteiger partial charge in [-0.15, -0.1) is 24.0 Å². The molecule has 0 spiro atoms. The first-order valence-electron chi connectivity index (χ1n) is 11.4. The zero-order valence-electron chi connectivity index (χ0n) is 19.3. The topological polar surface area (TPSA) is 60.4 Å². The molecule has 7 nitrogen and oxygen atoms in total. The minimum Gasteiger partial charge on any atom is -0.379 e. The van der Waals surface area contributed by atoms with Crippen LogP contribution in [0.5, 0.6) is 0 Å². The van der Waals surface area contributed by atoms with Gasteiger partial charge in [0.25, 0.3) is 0 Å². The standard InChI is InChI=1S/C23H36FN5O2.HI/c1-3-25-23(27(2)16-17-31-18-19-4-5-19)26-11-10-22(30)29-14-12-28(13-15-29)21-8-6-20(24)7-9-21;/h6-9,19H,3-5,10-18H2,1-2H3,(H,25,26);1H. The molecule has 1 saturated heterocycles. The average molecular weight is 561 g/mol. The van der Waals surface area contributed by atoms with Crippen molar-refractivity contribution in [2.75, 3.05) is 71.0 Å². The number of amides is 1. The SMILES string of the molecule is CCNC(=NCCC(=O)N1CCN(c2ccc(F)cc2)CC1)N(C)CCOCC1CC1.I. The summed E-state index contributed by atoms with van der Waals surface area (Å²) in [5.74, 6) is 1.49. The molecule has 0 aromatic heterocycles. The Morgan fingerprint density at radius 1 is 1.22 bits per heavy atom. The van der Waals surface area contributed by atoms with Gasteiger partial charge in [0.2, 0.25) is 5.91 Å². The minimum absolute atomic E-state index is 0. The van der Waals surface area contributed by atoms with Crippen molar-refractivity contribution in [1.29, 1.82) is 0 Å². The molecule has 0 bridgehead atoms. The molecule has 180 valence electrons. The van der Waals surface area contributed by atoms with Crippen LogP contribution in [0.3, 0.4) is 0 Å². The largest absolute Gasteiger partial charge is 0.379 e. The number of guanidine groups is 1. The second-order valence-corrected chi connectivity index (χ2v) is 8.27. The highest BCUT2D eigenvalue weighted by atomic mass is 127. The van der Waals surface area contributed by atoms with Gasteiger partial charge in [-0.05, 0) is 49.9 Å². The number of carbonyl (C=O) groups is 1. The van der Waals surface area contributed by atoms with Gasteiger partial charge in [0.1, 0.15) is 5.82 Å². The molecule has 1 aromatic carbocycles. The number of piperazine rings is 1. The van der Waals surface area contributed by atoms with E-state index in [0.29, 0.717) is 32.7 Å². The van der Waals surface area contributed by atoms with Crippen LogP contribution in [0.2, 0.25) is 0 Å². The summed E-state index contributed by atoms with van der Waals surface area (Å²) in [4.78, 5) is 23.4. The first-order chi connectivity index (χ1) is 15.1. The lowest BCUT2D eigenvalue weighted by atomic mass is 10.2. The molecule has 1 aliphatic carbocycles. The predicted molar refractivity (Wildman–Crippen MR) is 137 cm³/mol. The van der Waals surface area contributed by atoms with Gasteiger partial charge in [-0.2, -0.15) is 0 Å². The van der Waals surface area contributed by atoms with Crippen LogP contribution in [0.15, 0.2) is 29.3 Å². The van der Waals surface area contributed by atoms with Crippen LogP contribution >= 0.6 is 24.0 Å². The number of benzene rings is 1. The molecule has 1 aliphatic heterocycles. The highest BCUT2D eigenvalue weighted by molar-refractivity contribution is 14.0. The maximum absolute atomic E-state index is 13.1. The molecule has 9 heteroatoms. The number of hydrogen-bond donors (Lipinski definition) is 1. The number of nitrogens with zero attached hydrogens (tertiary/aromatic N) is 4. The van der Waals surface area contributed by atoms with Gasteiger partial charge in [0.15, 0.2) is 5.96 Å². The van der Waals surface area contributed by atoms with Crippen LogP contribution in [0.1, 0.15) is 26.2 Å². The Hall–Kier alpha value is -1.62. The van der Waals surface area contributed by atoms with Crippen LogP contribution in [-0.2, 0) is 9.53 Å². The second-order valence-electron chi connectivity index (χ2n) is 8.27. The van der Waals surface area contributed by atoms with E-state index in [4.69, 9.17) is 4.74 Å². The Kier molecular flexibility index (Phi) is 11.5. The maximum atomic E-state index is 13.1. The molecule has 1 N–H and O–H groups in total. The van der Waals surface area contributed by atoms with Crippen molar-refractivity contribution in [1.82, 2.24) is 15.1 Å². The number of nitrogens with one attached hydrogen (secondary N) is 1. The normalized spacial score (nSPS) is 16.5. The fraction of sp³-hybridized carbons (Fsp3) is 0.652. The Labute approximate surface area is 208 Å². The number of rotatable bonds is 10. The summed E-state index contributed by atoms with van der Waals surface area (Å²) in [7, 11) is 2.00. The van der Waals surface area contributed by atoms with E-state index in [0.717, 1.165) is 50.4 Å². The zero-order chi connectivity index (χ0) is 22.1. The molecule has 0 radical (unpaired) electrons. The van der Waals surface area contributed by atoms with Gasteiger partial charge in [0, 0.05) is 65.0 Å². The summed E-state index contributed by atoms with van der Waals surface area (Å²) >= 11 is 0. The highest BCUT2D eigenvalue weighted by Gasteiger charge is 2.22. The van der Waals surface area contributed by atoms with Crippen LogP contribution in [0.25, 0.3) is 0 Å². The Balaban J connectivity index is 0.00000363. The van der Waals surface area contributed by atoms with Crippen molar-refractivity contribution in [2.24, 2.45) is 10.9 Å². The van der Waals surface area contributed by atoms with Gasteiger partial charge < -0.3 is 24.8 Å². The van der Waals surface area contributed by atoms with Gasteiger partial charge in [-0.3, -0.25) is 9.79 Å². The third-order valence-electron chi connectivity index (χ3n) is 5.73. The smallest absolute Gasteiger partial charge is 0.224 e. The Bertz CT molecular complexity index is 722. The van der Waals surface area contributed by atoms with Gasteiger partial charge >= 0.3 is 0 Å². The van der Waals surface area contributed by atoms with Crippen LogP contribution in [0, 0.1) is 11.7 Å². The maximum Gasteiger partial charge on any atom is 0.224 e. The van der Waals surface area contributed by atoms with Crippen LogP contribution in [0.4, 0.5) is 10.1 Å². The molecule has 2 fully saturated rings. The monoisotopic (exact) mass is 561 g/mol. The third kappa shape index (κ3) is 8.73. The fourth-order valence-electron chi connectivity index (χ4n) is 3.59.